The summed E-state index contributed by atoms with van der Waals surface area (Å²) in [5.74, 6) is -0.216. The second-order valence-electron chi connectivity index (χ2n) is 6.03. The zero-order valence-corrected chi connectivity index (χ0v) is 13.2. The molecule has 0 radical (unpaired) electrons. The number of halogens is 2. The van der Waals surface area contributed by atoms with Crippen molar-refractivity contribution in [3.8, 4) is 0 Å². The van der Waals surface area contributed by atoms with Crippen molar-refractivity contribution in [2.24, 2.45) is 0 Å². The molecule has 0 amide bonds. The van der Waals surface area contributed by atoms with Crippen molar-refractivity contribution in [2.75, 3.05) is 11.9 Å². The first kappa shape index (κ1) is 14.3. The lowest BCUT2D eigenvalue weighted by molar-refractivity contribution is -0.0588. The molecule has 1 unspecified atom stereocenters. The highest BCUT2D eigenvalue weighted by Crippen LogP contribution is 2.41. The Labute approximate surface area is 128 Å². The molecule has 110 valence electrons. The van der Waals surface area contributed by atoms with Crippen LogP contribution in [-0.4, -0.2) is 18.2 Å². The van der Waals surface area contributed by atoms with Crippen LogP contribution in [0, 0.1) is 5.82 Å². The largest absolute Gasteiger partial charge is 0.381 e. The maximum atomic E-state index is 13.2. The van der Waals surface area contributed by atoms with Crippen molar-refractivity contribution in [3.05, 3.63) is 28.5 Å². The zero-order valence-electron chi connectivity index (χ0n) is 11.6. The van der Waals surface area contributed by atoms with Crippen LogP contribution in [0.4, 0.5) is 10.1 Å². The van der Waals surface area contributed by atoms with Gasteiger partial charge in [-0.1, -0.05) is 19.3 Å². The summed E-state index contributed by atoms with van der Waals surface area (Å²) in [4.78, 5) is 0. The zero-order chi connectivity index (χ0) is 14.0. The van der Waals surface area contributed by atoms with Gasteiger partial charge in [-0.3, -0.25) is 0 Å². The average Bonchev–Trinajstić information content (AvgIpc) is 2.84. The van der Waals surface area contributed by atoms with Gasteiger partial charge in [-0.25, -0.2) is 4.39 Å². The Kier molecular flexibility index (Phi) is 4.32. The molecule has 1 aliphatic heterocycles. The summed E-state index contributed by atoms with van der Waals surface area (Å²) in [7, 11) is 0. The minimum absolute atomic E-state index is 0.157. The monoisotopic (exact) mass is 341 g/mol. The molecular formula is C16H21BrFNO. The number of rotatable bonds is 3. The lowest BCUT2D eigenvalue weighted by Gasteiger charge is -2.33. The fourth-order valence-corrected chi connectivity index (χ4v) is 3.85. The van der Waals surface area contributed by atoms with E-state index in [2.05, 4.69) is 21.2 Å². The Balaban J connectivity index is 1.56. The van der Waals surface area contributed by atoms with E-state index in [1.165, 1.54) is 50.7 Å². The predicted octanol–water partition coefficient (Wildman–Crippen LogP) is 4.88. The van der Waals surface area contributed by atoms with E-state index in [4.69, 9.17) is 4.74 Å². The van der Waals surface area contributed by atoms with E-state index in [0.717, 1.165) is 23.1 Å². The van der Waals surface area contributed by atoms with Crippen molar-refractivity contribution in [1.29, 1.82) is 0 Å². The third-order valence-corrected chi connectivity index (χ3v) is 5.24. The predicted molar refractivity (Wildman–Crippen MR) is 82.5 cm³/mol. The molecule has 1 saturated carbocycles. The van der Waals surface area contributed by atoms with Gasteiger partial charge in [-0.05, 0) is 59.8 Å². The Morgan fingerprint density at radius 2 is 2.05 bits per heavy atom. The van der Waals surface area contributed by atoms with Gasteiger partial charge >= 0.3 is 0 Å². The van der Waals surface area contributed by atoms with Gasteiger partial charge in [0.2, 0.25) is 0 Å². The number of anilines is 1. The summed E-state index contributed by atoms with van der Waals surface area (Å²) < 4.78 is 20.4. The third-order valence-electron chi connectivity index (χ3n) is 4.55. The molecule has 1 N–H and O–H groups in total. The van der Waals surface area contributed by atoms with E-state index in [9.17, 15) is 4.39 Å². The van der Waals surface area contributed by atoms with Crippen LogP contribution in [0.1, 0.15) is 44.9 Å². The first-order chi connectivity index (χ1) is 9.67. The molecule has 1 spiro atoms. The fraction of sp³-hybridized carbons (Fsp3) is 0.625. The minimum atomic E-state index is -0.216. The van der Waals surface area contributed by atoms with Gasteiger partial charge in [-0.2, -0.15) is 0 Å². The number of nitrogens with one attached hydrogen (secondary N) is 1. The van der Waals surface area contributed by atoms with Gasteiger partial charge in [0.1, 0.15) is 5.82 Å². The van der Waals surface area contributed by atoms with Crippen molar-refractivity contribution in [3.63, 3.8) is 0 Å². The van der Waals surface area contributed by atoms with E-state index >= 15 is 0 Å². The first-order valence-electron chi connectivity index (χ1n) is 7.54. The highest BCUT2D eigenvalue weighted by Gasteiger charge is 2.40. The molecule has 3 rings (SSSR count). The summed E-state index contributed by atoms with van der Waals surface area (Å²) in [5.41, 5.74) is 0.960. The molecule has 20 heavy (non-hydrogen) atoms. The fourth-order valence-electron chi connectivity index (χ4n) is 3.46. The quantitative estimate of drug-likeness (QED) is 0.845. The molecule has 1 saturated heterocycles. The van der Waals surface area contributed by atoms with E-state index < -0.39 is 0 Å². The molecule has 2 fully saturated rings. The van der Waals surface area contributed by atoms with Crippen molar-refractivity contribution in [1.82, 2.24) is 0 Å². The number of ether oxygens (including phenoxy) is 1. The lowest BCUT2D eigenvalue weighted by Crippen LogP contribution is -2.33. The standard InChI is InChI=1S/C16H21BrFNO/c17-14-5-4-12(18)10-15(14)19-11-13-6-9-16(20-13)7-2-1-3-8-16/h4-5,10,13,19H,1-3,6-9,11H2. The number of hydrogen-bond donors (Lipinski definition) is 1. The maximum Gasteiger partial charge on any atom is 0.125 e. The molecule has 4 heteroatoms. The van der Waals surface area contributed by atoms with Crippen molar-refractivity contribution < 1.29 is 9.13 Å². The molecule has 2 aliphatic rings. The van der Waals surface area contributed by atoms with Crippen LogP contribution in [0.25, 0.3) is 0 Å². The summed E-state index contributed by atoms with van der Waals surface area (Å²) in [5, 5.41) is 3.31. The summed E-state index contributed by atoms with van der Waals surface area (Å²) in [6, 6.07) is 4.71. The lowest BCUT2D eigenvalue weighted by atomic mass is 9.83. The Hall–Kier alpha value is -0.610. The van der Waals surface area contributed by atoms with Gasteiger partial charge in [0, 0.05) is 11.0 Å². The van der Waals surface area contributed by atoms with E-state index in [-0.39, 0.29) is 17.5 Å². The average molecular weight is 342 g/mol. The van der Waals surface area contributed by atoms with Gasteiger partial charge < -0.3 is 10.1 Å². The van der Waals surface area contributed by atoms with Crippen LogP contribution in [0.5, 0.6) is 0 Å². The first-order valence-corrected chi connectivity index (χ1v) is 8.33. The molecule has 1 aromatic rings. The van der Waals surface area contributed by atoms with Crippen molar-refractivity contribution in [2.45, 2.75) is 56.7 Å². The number of benzene rings is 1. The smallest absolute Gasteiger partial charge is 0.125 e. The molecule has 1 aliphatic carbocycles. The molecule has 1 atom stereocenters. The van der Waals surface area contributed by atoms with Crippen molar-refractivity contribution >= 4 is 21.6 Å². The Bertz CT molecular complexity index is 474. The maximum absolute atomic E-state index is 13.2. The topological polar surface area (TPSA) is 21.3 Å². The molecule has 1 heterocycles. The SMILES string of the molecule is Fc1ccc(Br)c(NCC2CCC3(CCCCC3)O2)c1. The van der Waals surface area contributed by atoms with Crippen LogP contribution in [0.2, 0.25) is 0 Å². The highest BCUT2D eigenvalue weighted by molar-refractivity contribution is 9.10. The minimum Gasteiger partial charge on any atom is -0.381 e. The van der Waals surface area contributed by atoms with E-state index in [1.54, 1.807) is 6.07 Å². The van der Waals surface area contributed by atoms with Gasteiger partial charge in [0.15, 0.2) is 0 Å². The highest BCUT2D eigenvalue weighted by atomic mass is 79.9. The Morgan fingerprint density at radius 3 is 2.85 bits per heavy atom. The molecule has 0 bridgehead atoms. The van der Waals surface area contributed by atoms with E-state index in [0.29, 0.717) is 0 Å². The van der Waals surface area contributed by atoms with Gasteiger partial charge in [0.05, 0.1) is 17.4 Å². The second-order valence-corrected chi connectivity index (χ2v) is 6.88. The van der Waals surface area contributed by atoms with Crippen LogP contribution in [-0.2, 0) is 4.74 Å². The van der Waals surface area contributed by atoms with Crippen LogP contribution < -0.4 is 5.32 Å². The van der Waals surface area contributed by atoms with Gasteiger partial charge in [0.25, 0.3) is 0 Å². The van der Waals surface area contributed by atoms with Crippen LogP contribution >= 0.6 is 15.9 Å². The van der Waals surface area contributed by atoms with E-state index in [1.807, 2.05) is 0 Å². The summed E-state index contributed by atoms with van der Waals surface area (Å²) in [6.45, 7) is 0.754. The molecule has 0 aromatic heterocycles. The summed E-state index contributed by atoms with van der Waals surface area (Å²) >= 11 is 3.44. The third kappa shape index (κ3) is 3.17. The second kappa shape index (κ2) is 6.02. The molecule has 1 aromatic carbocycles. The Morgan fingerprint density at radius 1 is 1.25 bits per heavy atom. The number of hydrogen-bond acceptors (Lipinski definition) is 2. The molecule has 2 nitrogen and oxygen atoms in total. The normalized spacial score (nSPS) is 25.0. The van der Waals surface area contributed by atoms with Crippen LogP contribution in [0.3, 0.4) is 0 Å². The van der Waals surface area contributed by atoms with Gasteiger partial charge in [-0.15, -0.1) is 0 Å². The van der Waals surface area contributed by atoms with Crippen LogP contribution in [0.15, 0.2) is 22.7 Å². The summed E-state index contributed by atoms with van der Waals surface area (Å²) in [6.07, 6.45) is 8.93. The molecular weight excluding hydrogens is 321 g/mol.